The number of unbranched alkanes of at least 4 members (excludes halogenated alkanes) is 2. The Kier molecular flexibility index (Phi) is 37.1. The molecule has 0 fully saturated rings. The van der Waals surface area contributed by atoms with Crippen molar-refractivity contribution in [1.82, 2.24) is 0 Å². The van der Waals surface area contributed by atoms with Crippen molar-refractivity contribution in [3.63, 3.8) is 0 Å². The van der Waals surface area contributed by atoms with Gasteiger partial charge in [0.15, 0.2) is 5.78 Å². The zero-order chi connectivity index (χ0) is 38.4. The maximum atomic E-state index is 11.3. The maximum Gasteiger partial charge on any atom is 0.309 e. The van der Waals surface area contributed by atoms with Gasteiger partial charge in [0.2, 0.25) is 0 Å². The average Bonchev–Trinajstić information content (AvgIpc) is 2.93. The van der Waals surface area contributed by atoms with Gasteiger partial charge in [-0.15, -0.1) is 0 Å². The highest BCUT2D eigenvalue weighted by atomic mass is 16.5. The van der Waals surface area contributed by atoms with Crippen LogP contribution < -0.4 is 0 Å². The lowest BCUT2D eigenvalue weighted by molar-refractivity contribution is -0.153. The third-order valence-electron chi connectivity index (χ3n) is 6.40. The van der Waals surface area contributed by atoms with Crippen molar-refractivity contribution in [2.45, 2.75) is 174 Å². The number of hydrogen-bond donors (Lipinski definition) is 0. The third-order valence-corrected chi connectivity index (χ3v) is 6.40. The second kappa shape index (κ2) is 33.6. The standard InChI is InChI=1S/C12H24O2.C10H20O3.C9H18O2.C8H16O2/c1-10(2)12(13)8-6-5-7-9-14-11(3)4;1-8(2)10(11)7-12-5-6-13-9(3)4;1-6(2)8(5)9(10)11-7(3)4;1-6(2)5-8(9)10-7(3)4/h10-11H,5-9H2,1-4H3;8-9H,5-7H2,1-4H3;6-8H,1-5H3;6-7H,5H2,1-4H3. The van der Waals surface area contributed by atoms with Gasteiger partial charge in [-0.25, -0.2) is 0 Å². The Bertz CT molecular complexity index is 772. The summed E-state index contributed by atoms with van der Waals surface area (Å²) in [5, 5.41) is 0. The molecule has 0 aliphatic heterocycles. The van der Waals surface area contributed by atoms with Gasteiger partial charge in [0.25, 0.3) is 0 Å². The van der Waals surface area contributed by atoms with E-state index in [0.29, 0.717) is 43.4 Å². The van der Waals surface area contributed by atoms with E-state index in [2.05, 4.69) is 0 Å². The Morgan fingerprint density at radius 1 is 0.500 bits per heavy atom. The SMILES string of the molecule is CC(C)CC(=O)OC(C)C.CC(C)OC(=O)C(C)C(C)C.CC(C)OCCCCCC(=O)C(C)C.CC(C)OCCOCC(=O)C(C)C. The van der Waals surface area contributed by atoms with Gasteiger partial charge >= 0.3 is 11.9 Å². The molecule has 1 unspecified atom stereocenters. The Morgan fingerprint density at radius 3 is 1.38 bits per heavy atom. The number of ether oxygens (including phenoxy) is 5. The van der Waals surface area contributed by atoms with Crippen molar-refractivity contribution >= 4 is 23.5 Å². The van der Waals surface area contributed by atoms with Gasteiger partial charge < -0.3 is 23.7 Å². The van der Waals surface area contributed by atoms with Crippen LogP contribution in [0.4, 0.5) is 0 Å². The summed E-state index contributed by atoms with van der Waals surface area (Å²) < 4.78 is 25.7. The smallest absolute Gasteiger partial charge is 0.309 e. The van der Waals surface area contributed by atoms with E-state index in [1.807, 2.05) is 118 Å². The van der Waals surface area contributed by atoms with Crippen LogP contribution >= 0.6 is 0 Å². The van der Waals surface area contributed by atoms with Crippen LogP contribution in [0.1, 0.15) is 150 Å². The van der Waals surface area contributed by atoms with E-state index in [9.17, 15) is 19.2 Å². The van der Waals surface area contributed by atoms with Crippen LogP contribution in [0.3, 0.4) is 0 Å². The fourth-order valence-electron chi connectivity index (χ4n) is 3.12. The van der Waals surface area contributed by atoms with Crippen LogP contribution in [0.5, 0.6) is 0 Å². The van der Waals surface area contributed by atoms with E-state index in [4.69, 9.17) is 23.7 Å². The molecule has 0 aromatic carbocycles. The van der Waals surface area contributed by atoms with Crippen LogP contribution in [0.2, 0.25) is 0 Å². The summed E-state index contributed by atoms with van der Waals surface area (Å²) >= 11 is 0. The summed E-state index contributed by atoms with van der Waals surface area (Å²) in [5.41, 5.74) is 0. The molecule has 0 aromatic heterocycles. The fourth-order valence-corrected chi connectivity index (χ4v) is 3.12. The molecule has 0 radical (unpaired) electrons. The molecule has 9 nitrogen and oxygen atoms in total. The first kappa shape index (κ1) is 53.0. The summed E-state index contributed by atoms with van der Waals surface area (Å²) in [6.45, 7) is 35.2. The zero-order valence-electron chi connectivity index (χ0n) is 34.2. The number of Topliss-reactive ketones (excluding diaryl/α,β-unsaturated/α-hetero) is 2. The molecule has 9 heteroatoms. The second-order valence-electron chi connectivity index (χ2n) is 14.6. The number of ketones is 2. The van der Waals surface area contributed by atoms with E-state index in [1.54, 1.807) is 0 Å². The maximum absolute atomic E-state index is 11.3. The molecule has 1 atom stereocenters. The van der Waals surface area contributed by atoms with E-state index >= 15 is 0 Å². The minimum atomic E-state index is -0.0926. The molecule has 0 aromatic rings. The van der Waals surface area contributed by atoms with Gasteiger partial charge in [0.05, 0.1) is 43.5 Å². The van der Waals surface area contributed by atoms with Gasteiger partial charge in [0.1, 0.15) is 12.4 Å². The highest BCUT2D eigenvalue weighted by Gasteiger charge is 2.18. The molecule has 0 rings (SSSR count). The minimum absolute atomic E-state index is 0.00343. The van der Waals surface area contributed by atoms with Crippen molar-refractivity contribution in [2.75, 3.05) is 26.4 Å². The van der Waals surface area contributed by atoms with Crippen LogP contribution in [-0.2, 0) is 42.9 Å². The summed E-state index contributed by atoms with van der Waals surface area (Å²) in [4.78, 5) is 44.3. The van der Waals surface area contributed by atoms with Crippen molar-refractivity contribution < 1.29 is 42.9 Å². The predicted octanol–water partition coefficient (Wildman–Crippen LogP) is 9.06. The molecule has 48 heavy (non-hydrogen) atoms. The minimum Gasteiger partial charge on any atom is -0.463 e. The number of hydrogen-bond acceptors (Lipinski definition) is 9. The Morgan fingerprint density at radius 2 is 0.979 bits per heavy atom. The monoisotopic (exact) mass is 691 g/mol. The molecule has 0 amide bonds. The Labute approximate surface area is 296 Å². The van der Waals surface area contributed by atoms with Crippen molar-refractivity contribution in [3.8, 4) is 0 Å². The summed E-state index contributed by atoms with van der Waals surface area (Å²) in [6, 6.07) is 0. The fraction of sp³-hybridized carbons (Fsp3) is 0.897. The summed E-state index contributed by atoms with van der Waals surface area (Å²) in [7, 11) is 0. The first-order valence-corrected chi connectivity index (χ1v) is 18.3. The summed E-state index contributed by atoms with van der Waals surface area (Å²) in [6.07, 6.45) is 5.02. The van der Waals surface area contributed by atoms with E-state index < -0.39 is 0 Å². The highest BCUT2D eigenvalue weighted by molar-refractivity contribution is 5.81. The molecular formula is C39H78O9. The third kappa shape index (κ3) is 44.2. The number of carbonyl (C=O) groups excluding carboxylic acids is 4. The van der Waals surface area contributed by atoms with Gasteiger partial charge in [-0.05, 0) is 80.1 Å². The lowest BCUT2D eigenvalue weighted by Gasteiger charge is -2.16. The highest BCUT2D eigenvalue weighted by Crippen LogP contribution is 2.12. The molecule has 0 bridgehead atoms. The number of rotatable bonds is 21. The van der Waals surface area contributed by atoms with Gasteiger partial charge in [-0.3, -0.25) is 19.2 Å². The van der Waals surface area contributed by atoms with Crippen LogP contribution in [0.25, 0.3) is 0 Å². The Balaban J connectivity index is -0.000000271. The lowest BCUT2D eigenvalue weighted by atomic mass is 9.98. The second-order valence-corrected chi connectivity index (χ2v) is 14.6. The normalized spacial score (nSPS) is 11.7. The first-order chi connectivity index (χ1) is 22.0. The van der Waals surface area contributed by atoms with E-state index in [1.165, 1.54) is 0 Å². The van der Waals surface area contributed by atoms with E-state index in [-0.39, 0.29) is 60.4 Å². The topological polar surface area (TPSA) is 114 Å². The molecule has 288 valence electrons. The first-order valence-electron chi connectivity index (χ1n) is 18.3. The molecule has 0 saturated heterocycles. The molecule has 0 heterocycles. The molecule has 0 saturated carbocycles. The van der Waals surface area contributed by atoms with Crippen LogP contribution in [-0.4, -0.2) is 74.3 Å². The quantitative estimate of drug-likeness (QED) is 0.0859. The molecule has 0 aliphatic rings. The predicted molar refractivity (Wildman–Crippen MR) is 197 cm³/mol. The number of carbonyl (C=O) groups is 4. The summed E-state index contributed by atoms with van der Waals surface area (Å²) in [5.74, 6) is 1.37. The molecule has 0 aliphatic carbocycles. The largest absolute Gasteiger partial charge is 0.463 e. The molecule has 0 spiro atoms. The molecule has 0 N–H and O–H groups in total. The average molecular weight is 691 g/mol. The van der Waals surface area contributed by atoms with Gasteiger partial charge in [0, 0.05) is 31.3 Å². The van der Waals surface area contributed by atoms with Crippen LogP contribution in [0, 0.1) is 29.6 Å². The lowest BCUT2D eigenvalue weighted by Crippen LogP contribution is -2.22. The van der Waals surface area contributed by atoms with Crippen molar-refractivity contribution in [1.29, 1.82) is 0 Å². The van der Waals surface area contributed by atoms with Crippen molar-refractivity contribution in [2.24, 2.45) is 29.6 Å². The Hall–Kier alpha value is -1.84. The van der Waals surface area contributed by atoms with Crippen LogP contribution in [0.15, 0.2) is 0 Å². The van der Waals surface area contributed by atoms with Gasteiger partial charge in [-0.2, -0.15) is 0 Å². The molecular weight excluding hydrogens is 612 g/mol. The van der Waals surface area contributed by atoms with E-state index in [0.717, 1.165) is 32.3 Å². The zero-order valence-corrected chi connectivity index (χ0v) is 34.2. The number of esters is 2. The van der Waals surface area contributed by atoms with Gasteiger partial charge in [-0.1, -0.05) is 68.7 Å². The van der Waals surface area contributed by atoms with Crippen molar-refractivity contribution in [3.05, 3.63) is 0 Å².